The summed E-state index contributed by atoms with van der Waals surface area (Å²) in [5.74, 6) is -0.935. The zero-order chi connectivity index (χ0) is 10.6. The van der Waals surface area contributed by atoms with Gasteiger partial charge >= 0.3 is 35.2 Å². The molecule has 1 N–H and O–H groups in total. The topological polar surface area (TPSA) is 71.4 Å². The fourth-order valence-corrected chi connectivity index (χ4v) is 0. The molecule has 0 aliphatic carbocycles. The quantitative estimate of drug-likeness (QED) is 0.253. The summed E-state index contributed by atoms with van der Waals surface area (Å²) in [6.45, 7) is 9.60. The van der Waals surface area contributed by atoms with E-state index < -0.39 is 5.97 Å². The average molecular weight is 277 g/mol. The van der Waals surface area contributed by atoms with Crippen LogP contribution >= 0.6 is 0 Å². The Morgan fingerprint density at radius 2 is 1.50 bits per heavy atom. The molecular weight excluding hydrogens is 266 g/mol. The summed E-state index contributed by atoms with van der Waals surface area (Å²) in [6, 6.07) is 0. The number of hydrogen-bond donors (Lipinski definition) is 1. The molecule has 6 heteroatoms. The first-order valence-electron chi connectivity index (χ1n) is 2.79. The summed E-state index contributed by atoms with van der Waals surface area (Å²) in [6.07, 6.45) is 2.75. The minimum atomic E-state index is -0.935. The number of allylic oxidation sites excluding steroid dienone is 1. The second-order valence-electron chi connectivity index (χ2n) is 1.52. The Morgan fingerprint density at radius 3 is 1.50 bits per heavy atom. The molecule has 0 amide bonds. The van der Waals surface area contributed by atoms with E-state index in [4.69, 9.17) is 14.7 Å². The van der Waals surface area contributed by atoms with Crippen LogP contribution in [0.5, 0.6) is 0 Å². The number of hydrogen-bond acceptors (Lipinski definition) is 3. The molecule has 0 aromatic rings. The molecule has 0 fully saturated rings. The van der Waals surface area contributed by atoms with Crippen LogP contribution in [0.15, 0.2) is 18.7 Å². The minimum Gasteiger partial charge on any atom is -1.00 e. The van der Waals surface area contributed by atoms with Crippen LogP contribution in [0.1, 0.15) is 13.8 Å². The first-order valence-corrected chi connectivity index (χ1v) is 2.79. The molecule has 76 valence electrons. The van der Waals surface area contributed by atoms with E-state index in [1.807, 2.05) is 0 Å². The fourth-order valence-electron chi connectivity index (χ4n) is 0. The Kier molecular flexibility index (Phi) is 61.2. The van der Waals surface area contributed by atoms with Gasteiger partial charge in [-0.1, -0.05) is 6.58 Å². The van der Waals surface area contributed by atoms with E-state index in [1.54, 1.807) is 6.92 Å². The summed E-state index contributed by atoms with van der Waals surface area (Å²) >= 11 is 0. The van der Waals surface area contributed by atoms with E-state index in [1.165, 1.54) is 6.92 Å². The van der Waals surface area contributed by atoms with Crippen molar-refractivity contribution in [1.82, 2.24) is 0 Å². The van der Waals surface area contributed by atoms with Gasteiger partial charge in [-0.2, -0.15) is 16.5 Å². The van der Waals surface area contributed by atoms with Crippen molar-refractivity contribution in [3.05, 3.63) is 24.8 Å². The molecule has 0 saturated heterocycles. The van der Waals surface area contributed by atoms with Crippen LogP contribution in [0, 0.1) is 6.08 Å². The van der Waals surface area contributed by atoms with Gasteiger partial charge in [0.25, 0.3) is 0 Å². The second-order valence-corrected chi connectivity index (χ2v) is 1.52. The SMILES string of the molecule is C=C(C)[13C](=O)O.C=[C-]C.O=[13C]=O.[Br-].[Mg+2]. The Balaban J connectivity index is -0.0000000297. The molecular formula is C8H11BrMgO4. The number of aliphatic carboxylic acids is 1. The second kappa shape index (κ2) is 29.4. The summed E-state index contributed by atoms with van der Waals surface area (Å²) < 4.78 is 0. The normalized spacial score (nSPS) is 4.71. The van der Waals surface area contributed by atoms with E-state index in [-0.39, 0.29) is 51.8 Å². The monoisotopic (exact) mass is 276 g/mol. The number of carbonyl (C=O) groups excluding carboxylic acids is 2. The Labute approximate surface area is 110 Å². The fraction of sp³-hybridized carbons (Fsp3) is 0.250. The van der Waals surface area contributed by atoms with Gasteiger partial charge in [0.05, 0.1) is 0 Å². The molecule has 0 aliphatic heterocycles. The molecule has 0 heterocycles. The smallest absolute Gasteiger partial charge is 1.00 e. The van der Waals surface area contributed by atoms with E-state index in [9.17, 15) is 4.79 Å². The maximum atomic E-state index is 9.60. The Hall–Kier alpha value is -0.424. The van der Waals surface area contributed by atoms with Gasteiger partial charge in [-0.05, 0) is 6.92 Å². The van der Waals surface area contributed by atoms with Crippen molar-refractivity contribution in [2.75, 3.05) is 0 Å². The molecule has 0 rings (SSSR count). The predicted octanol–water partition coefficient (Wildman–Crippen LogP) is -2.32. The Bertz CT molecular complexity index is 174. The van der Waals surface area contributed by atoms with Crippen molar-refractivity contribution in [2.45, 2.75) is 13.8 Å². The summed E-state index contributed by atoms with van der Waals surface area (Å²) in [5.41, 5.74) is 0.176. The molecule has 0 aromatic carbocycles. The van der Waals surface area contributed by atoms with Crippen LogP contribution in [0.25, 0.3) is 0 Å². The van der Waals surface area contributed by atoms with Gasteiger partial charge in [0.1, 0.15) is 0 Å². The van der Waals surface area contributed by atoms with Gasteiger partial charge in [0.2, 0.25) is 0 Å². The van der Waals surface area contributed by atoms with Crippen molar-refractivity contribution in [3.63, 3.8) is 0 Å². The van der Waals surface area contributed by atoms with Gasteiger partial charge < -0.3 is 28.2 Å². The van der Waals surface area contributed by atoms with Crippen molar-refractivity contribution in [2.24, 2.45) is 0 Å². The third-order valence-corrected chi connectivity index (χ3v) is 0.365. The first-order chi connectivity index (χ1) is 5.47. The summed E-state index contributed by atoms with van der Waals surface area (Å²) in [7, 11) is 0. The van der Waals surface area contributed by atoms with E-state index >= 15 is 0 Å². The molecule has 14 heavy (non-hydrogen) atoms. The van der Waals surface area contributed by atoms with Gasteiger partial charge in [-0.25, -0.2) is 4.79 Å². The van der Waals surface area contributed by atoms with Crippen LogP contribution in [0.2, 0.25) is 0 Å². The third-order valence-electron chi connectivity index (χ3n) is 0.365. The average Bonchev–Trinajstić information content (AvgIpc) is 1.90. The minimum absolute atomic E-state index is 0. The molecule has 0 aromatic heterocycles. The van der Waals surface area contributed by atoms with Crippen molar-refractivity contribution < 1.29 is 36.5 Å². The molecule has 0 radical (unpaired) electrons. The molecule has 0 atom stereocenters. The van der Waals surface area contributed by atoms with Gasteiger partial charge in [-0.3, -0.25) is 6.58 Å². The van der Waals surface area contributed by atoms with Crippen LogP contribution in [-0.4, -0.2) is 40.3 Å². The summed E-state index contributed by atoms with van der Waals surface area (Å²) in [5, 5.41) is 7.89. The largest absolute Gasteiger partial charge is 2.00 e. The van der Waals surface area contributed by atoms with E-state index in [0.29, 0.717) is 0 Å². The van der Waals surface area contributed by atoms with Gasteiger partial charge in [0.15, 0.2) is 0 Å². The van der Waals surface area contributed by atoms with Crippen molar-refractivity contribution in [3.8, 4) is 0 Å². The van der Waals surface area contributed by atoms with E-state index in [0.717, 1.165) is 0 Å². The van der Waals surface area contributed by atoms with Crippen LogP contribution in [0.4, 0.5) is 0 Å². The van der Waals surface area contributed by atoms with Crippen molar-refractivity contribution in [1.29, 1.82) is 0 Å². The standard InChI is InChI=1S/C4H6O2.C3H5.CO2.BrH.Mg/c1-3(2)4(5)6;1-3-2;2-1-3;;/h1H2,2H3,(H,5,6);1H2,2H3;;1H;/q;-1;;;+2/p-1/i4+1;;1+1;;. The number of carboxylic acids is 1. The maximum Gasteiger partial charge on any atom is 2.00 e. The van der Waals surface area contributed by atoms with E-state index in [2.05, 4.69) is 19.2 Å². The number of halogens is 1. The zero-order valence-corrected chi connectivity index (χ0v) is 11.2. The summed E-state index contributed by atoms with van der Waals surface area (Å²) in [4.78, 5) is 25.8. The van der Waals surface area contributed by atoms with Gasteiger partial charge in [-0.15, -0.1) is 0 Å². The van der Waals surface area contributed by atoms with Crippen LogP contribution < -0.4 is 17.0 Å². The Morgan fingerprint density at radius 1 is 1.43 bits per heavy atom. The van der Waals surface area contributed by atoms with Gasteiger partial charge in [0, 0.05) is 5.57 Å². The predicted molar refractivity (Wildman–Crippen MR) is 47.8 cm³/mol. The van der Waals surface area contributed by atoms with Crippen LogP contribution in [-0.2, 0) is 14.4 Å². The first kappa shape index (κ1) is 29.2. The molecule has 4 nitrogen and oxygen atoms in total. The van der Waals surface area contributed by atoms with Crippen LogP contribution in [0.3, 0.4) is 0 Å². The molecule has 0 saturated carbocycles. The third kappa shape index (κ3) is 101. The number of carboxylic acid groups (broad SMARTS) is 1. The molecule has 0 unspecified atom stereocenters. The number of carbonyl (C=O) groups is 1. The zero-order valence-electron chi connectivity index (χ0n) is 8.17. The maximum absolute atomic E-state index is 9.60. The molecule has 0 spiro atoms. The molecule has 0 aliphatic rings. The van der Waals surface area contributed by atoms with Crippen molar-refractivity contribution >= 4 is 35.2 Å². The number of rotatable bonds is 1. The molecule has 0 bridgehead atoms.